The number of carbonyl (C=O) groups excluding carboxylic acids is 3. The quantitative estimate of drug-likeness (QED) is 0.717. The fraction of sp³-hybridized carbons (Fsp3) is 0.400. The van der Waals surface area contributed by atoms with Gasteiger partial charge in [0.05, 0.1) is 17.7 Å². The zero-order chi connectivity index (χ0) is 21.4. The molecule has 3 amide bonds. The number of hydrogen-bond acceptors (Lipinski definition) is 4. The van der Waals surface area contributed by atoms with Gasteiger partial charge in [-0.05, 0) is 62.5 Å². The first kappa shape index (κ1) is 19.9. The van der Waals surface area contributed by atoms with Gasteiger partial charge in [-0.15, -0.1) is 0 Å². The van der Waals surface area contributed by atoms with E-state index in [4.69, 9.17) is 0 Å². The molecule has 0 radical (unpaired) electrons. The lowest BCUT2D eigenvalue weighted by Gasteiger charge is -2.36. The molecule has 3 aliphatic heterocycles. The van der Waals surface area contributed by atoms with E-state index in [0.717, 1.165) is 31.5 Å². The van der Waals surface area contributed by atoms with E-state index in [9.17, 15) is 14.4 Å². The summed E-state index contributed by atoms with van der Waals surface area (Å²) < 4.78 is 0. The lowest BCUT2D eigenvalue weighted by atomic mass is 10.0. The first-order valence-corrected chi connectivity index (χ1v) is 11.2. The molecule has 5 rings (SSSR count). The number of hydrogen-bond donors (Lipinski definition) is 0. The Kier molecular flexibility index (Phi) is 5.32. The Hall–Kier alpha value is -2.99. The molecule has 31 heavy (non-hydrogen) atoms. The summed E-state index contributed by atoms with van der Waals surface area (Å²) in [7, 11) is 0. The van der Waals surface area contributed by atoms with Crippen LogP contribution in [0.25, 0.3) is 0 Å². The SMILES string of the molecule is O=C(c1ccc2c(c1)C(=O)N(Cc1ccccc1)C2=O)N1CCC(N2CCCC2)CC1. The predicted octanol–water partition coefficient (Wildman–Crippen LogP) is 3.18. The highest BCUT2D eigenvalue weighted by Gasteiger charge is 2.36. The Morgan fingerprint density at radius 3 is 2.23 bits per heavy atom. The van der Waals surface area contributed by atoms with E-state index >= 15 is 0 Å². The van der Waals surface area contributed by atoms with Crippen molar-refractivity contribution >= 4 is 17.7 Å². The molecular weight excluding hydrogens is 390 g/mol. The summed E-state index contributed by atoms with van der Waals surface area (Å²) in [5.41, 5.74) is 2.10. The molecule has 0 aliphatic carbocycles. The van der Waals surface area contributed by atoms with Crippen LogP contribution in [0.5, 0.6) is 0 Å². The molecule has 3 aliphatic rings. The summed E-state index contributed by atoms with van der Waals surface area (Å²) in [5.74, 6) is -0.676. The van der Waals surface area contributed by atoms with E-state index in [1.54, 1.807) is 18.2 Å². The van der Waals surface area contributed by atoms with Crippen molar-refractivity contribution in [3.05, 3.63) is 70.8 Å². The number of carbonyl (C=O) groups is 3. The molecule has 2 aromatic carbocycles. The van der Waals surface area contributed by atoms with Crippen molar-refractivity contribution in [2.24, 2.45) is 0 Å². The second-order valence-corrected chi connectivity index (χ2v) is 8.71. The van der Waals surface area contributed by atoms with Crippen molar-refractivity contribution in [3.8, 4) is 0 Å². The van der Waals surface area contributed by atoms with E-state index in [2.05, 4.69) is 4.90 Å². The Labute approximate surface area is 182 Å². The van der Waals surface area contributed by atoms with Gasteiger partial charge in [0.15, 0.2) is 0 Å². The number of fused-ring (bicyclic) bond motifs is 1. The van der Waals surface area contributed by atoms with Crippen LogP contribution in [-0.2, 0) is 6.54 Å². The van der Waals surface area contributed by atoms with Crippen LogP contribution in [0.3, 0.4) is 0 Å². The van der Waals surface area contributed by atoms with E-state index < -0.39 is 0 Å². The standard InChI is InChI=1S/C25H27N3O3/c29-23(27-14-10-20(11-15-27)26-12-4-5-13-26)19-8-9-21-22(16-19)25(31)28(24(21)30)17-18-6-2-1-3-7-18/h1-3,6-9,16,20H,4-5,10-15,17H2. The van der Waals surface area contributed by atoms with Gasteiger partial charge in [-0.2, -0.15) is 0 Å². The van der Waals surface area contributed by atoms with Crippen LogP contribution in [0.15, 0.2) is 48.5 Å². The maximum absolute atomic E-state index is 13.1. The van der Waals surface area contributed by atoms with Gasteiger partial charge in [-0.1, -0.05) is 30.3 Å². The van der Waals surface area contributed by atoms with Crippen LogP contribution in [0.2, 0.25) is 0 Å². The molecule has 0 aromatic heterocycles. The molecule has 0 bridgehead atoms. The molecule has 2 aromatic rings. The van der Waals surface area contributed by atoms with E-state index in [1.807, 2.05) is 35.2 Å². The van der Waals surface area contributed by atoms with Gasteiger partial charge in [0, 0.05) is 24.7 Å². The lowest BCUT2D eigenvalue weighted by Crippen LogP contribution is -2.45. The maximum atomic E-state index is 13.1. The van der Waals surface area contributed by atoms with Crippen LogP contribution in [0, 0.1) is 0 Å². The van der Waals surface area contributed by atoms with Gasteiger partial charge in [0.25, 0.3) is 17.7 Å². The average molecular weight is 418 g/mol. The first-order chi connectivity index (χ1) is 15.1. The summed E-state index contributed by atoms with van der Waals surface area (Å²) in [6, 6.07) is 15.0. The predicted molar refractivity (Wildman–Crippen MR) is 117 cm³/mol. The molecule has 6 heteroatoms. The monoisotopic (exact) mass is 417 g/mol. The van der Waals surface area contributed by atoms with Crippen molar-refractivity contribution in [2.75, 3.05) is 26.2 Å². The molecule has 0 spiro atoms. The summed E-state index contributed by atoms with van der Waals surface area (Å²) in [4.78, 5) is 44.5. The third-order valence-electron chi connectivity index (χ3n) is 6.81. The highest BCUT2D eigenvalue weighted by atomic mass is 16.2. The molecule has 3 heterocycles. The van der Waals surface area contributed by atoms with Crippen LogP contribution in [0.4, 0.5) is 0 Å². The fourth-order valence-corrected chi connectivity index (χ4v) is 5.06. The minimum Gasteiger partial charge on any atom is -0.339 e. The van der Waals surface area contributed by atoms with E-state index in [1.165, 1.54) is 30.8 Å². The average Bonchev–Trinajstić information content (AvgIpc) is 3.43. The molecule has 160 valence electrons. The van der Waals surface area contributed by atoms with Gasteiger partial charge in [-0.3, -0.25) is 19.3 Å². The first-order valence-electron chi connectivity index (χ1n) is 11.2. The molecule has 6 nitrogen and oxygen atoms in total. The number of likely N-dealkylation sites (tertiary alicyclic amines) is 2. The summed E-state index contributed by atoms with van der Waals surface area (Å²) in [5, 5.41) is 0. The summed E-state index contributed by atoms with van der Waals surface area (Å²) in [6.07, 6.45) is 4.56. The molecular formula is C25H27N3O3. The molecule has 2 fully saturated rings. The number of benzene rings is 2. The van der Waals surface area contributed by atoms with Crippen molar-refractivity contribution in [2.45, 2.75) is 38.3 Å². The topological polar surface area (TPSA) is 60.9 Å². The maximum Gasteiger partial charge on any atom is 0.261 e. The zero-order valence-corrected chi connectivity index (χ0v) is 17.6. The van der Waals surface area contributed by atoms with E-state index in [-0.39, 0.29) is 24.3 Å². The summed E-state index contributed by atoms with van der Waals surface area (Å²) in [6.45, 7) is 4.08. The van der Waals surface area contributed by atoms with Crippen molar-refractivity contribution < 1.29 is 14.4 Å². The number of nitrogens with zero attached hydrogens (tertiary/aromatic N) is 3. The largest absolute Gasteiger partial charge is 0.339 e. The minimum absolute atomic E-state index is 0.0515. The third-order valence-corrected chi connectivity index (χ3v) is 6.81. The van der Waals surface area contributed by atoms with E-state index in [0.29, 0.717) is 22.7 Å². The normalized spacial score (nSPS) is 19.9. The molecule has 0 N–H and O–H groups in total. The van der Waals surface area contributed by atoms with Crippen LogP contribution >= 0.6 is 0 Å². The van der Waals surface area contributed by atoms with Gasteiger partial charge < -0.3 is 9.80 Å². The molecule has 0 unspecified atom stereocenters. The molecule has 2 saturated heterocycles. The summed E-state index contributed by atoms with van der Waals surface area (Å²) >= 11 is 0. The van der Waals surface area contributed by atoms with Crippen molar-refractivity contribution in [3.63, 3.8) is 0 Å². The van der Waals surface area contributed by atoms with Crippen LogP contribution in [-0.4, -0.2) is 64.6 Å². The fourth-order valence-electron chi connectivity index (χ4n) is 5.06. The highest BCUT2D eigenvalue weighted by molar-refractivity contribution is 6.22. The zero-order valence-electron chi connectivity index (χ0n) is 17.6. The Morgan fingerprint density at radius 1 is 0.839 bits per heavy atom. The number of amides is 3. The second-order valence-electron chi connectivity index (χ2n) is 8.71. The Morgan fingerprint density at radius 2 is 1.52 bits per heavy atom. The Bertz CT molecular complexity index is 1010. The van der Waals surface area contributed by atoms with Gasteiger partial charge in [0.2, 0.25) is 0 Å². The van der Waals surface area contributed by atoms with Crippen molar-refractivity contribution in [1.29, 1.82) is 0 Å². The van der Waals surface area contributed by atoms with Gasteiger partial charge >= 0.3 is 0 Å². The lowest BCUT2D eigenvalue weighted by molar-refractivity contribution is 0.0636. The smallest absolute Gasteiger partial charge is 0.261 e. The van der Waals surface area contributed by atoms with Crippen LogP contribution in [0.1, 0.15) is 62.3 Å². The highest BCUT2D eigenvalue weighted by Crippen LogP contribution is 2.27. The van der Waals surface area contributed by atoms with Gasteiger partial charge in [-0.25, -0.2) is 0 Å². The minimum atomic E-state index is -0.328. The molecule has 0 atom stereocenters. The number of imide groups is 1. The van der Waals surface area contributed by atoms with Crippen LogP contribution < -0.4 is 0 Å². The Balaban J connectivity index is 1.28. The number of piperidine rings is 1. The molecule has 0 saturated carbocycles. The number of rotatable bonds is 4. The third kappa shape index (κ3) is 3.76. The van der Waals surface area contributed by atoms with Crippen molar-refractivity contribution in [1.82, 2.24) is 14.7 Å². The second kappa shape index (κ2) is 8.27. The van der Waals surface area contributed by atoms with Gasteiger partial charge in [0.1, 0.15) is 0 Å².